The SMILES string of the molecule is COc1ccc(NC(=O)C2CCCN2CC(=O)NCc2ccc(F)cc2)cc1. The van der Waals surface area contributed by atoms with Gasteiger partial charge in [0.15, 0.2) is 0 Å². The number of rotatable bonds is 7. The Morgan fingerprint density at radius 2 is 1.86 bits per heavy atom. The molecule has 0 bridgehead atoms. The molecule has 0 aromatic heterocycles. The van der Waals surface area contributed by atoms with Gasteiger partial charge in [0.1, 0.15) is 11.6 Å². The predicted octanol–water partition coefficient (Wildman–Crippen LogP) is 2.55. The molecule has 1 atom stereocenters. The molecule has 0 saturated carbocycles. The summed E-state index contributed by atoms with van der Waals surface area (Å²) < 4.78 is 18.0. The molecular formula is C21H24FN3O3. The van der Waals surface area contributed by atoms with Crippen LogP contribution in [0.2, 0.25) is 0 Å². The lowest BCUT2D eigenvalue weighted by atomic mass is 10.2. The number of methoxy groups -OCH3 is 1. The van der Waals surface area contributed by atoms with E-state index in [1.165, 1.54) is 12.1 Å². The number of ether oxygens (including phenoxy) is 1. The first-order valence-electron chi connectivity index (χ1n) is 9.25. The Hall–Kier alpha value is -2.93. The van der Waals surface area contributed by atoms with Gasteiger partial charge in [-0.05, 0) is 61.3 Å². The molecule has 2 amide bonds. The fraction of sp³-hybridized carbons (Fsp3) is 0.333. The van der Waals surface area contributed by atoms with Crippen molar-refractivity contribution in [2.45, 2.75) is 25.4 Å². The summed E-state index contributed by atoms with van der Waals surface area (Å²) >= 11 is 0. The van der Waals surface area contributed by atoms with Crippen LogP contribution in [0.25, 0.3) is 0 Å². The van der Waals surface area contributed by atoms with Gasteiger partial charge < -0.3 is 15.4 Å². The molecule has 1 unspecified atom stereocenters. The van der Waals surface area contributed by atoms with Crippen LogP contribution >= 0.6 is 0 Å². The standard InChI is InChI=1S/C21H24FN3O3/c1-28-18-10-8-17(9-11-18)24-21(27)19-3-2-12-25(19)14-20(26)23-13-15-4-6-16(22)7-5-15/h4-11,19H,2-3,12-14H2,1H3,(H,23,26)(H,24,27). The molecule has 1 heterocycles. The molecular weight excluding hydrogens is 361 g/mol. The lowest BCUT2D eigenvalue weighted by molar-refractivity contribution is -0.125. The highest BCUT2D eigenvalue weighted by Gasteiger charge is 2.31. The van der Waals surface area contributed by atoms with Gasteiger partial charge in [0, 0.05) is 12.2 Å². The number of anilines is 1. The first-order chi connectivity index (χ1) is 13.5. The van der Waals surface area contributed by atoms with E-state index in [1.807, 2.05) is 4.90 Å². The maximum atomic E-state index is 12.9. The van der Waals surface area contributed by atoms with Crippen molar-refractivity contribution in [3.05, 3.63) is 59.9 Å². The summed E-state index contributed by atoms with van der Waals surface area (Å²) in [4.78, 5) is 26.8. The van der Waals surface area contributed by atoms with Gasteiger partial charge in [0.05, 0.1) is 19.7 Å². The smallest absolute Gasteiger partial charge is 0.241 e. The number of hydrogen-bond donors (Lipinski definition) is 2. The van der Waals surface area contributed by atoms with Crippen molar-refractivity contribution in [2.75, 3.05) is 25.5 Å². The minimum absolute atomic E-state index is 0.117. The van der Waals surface area contributed by atoms with Gasteiger partial charge >= 0.3 is 0 Å². The van der Waals surface area contributed by atoms with Crippen molar-refractivity contribution in [3.8, 4) is 5.75 Å². The minimum Gasteiger partial charge on any atom is -0.497 e. The Morgan fingerprint density at radius 3 is 2.54 bits per heavy atom. The highest BCUT2D eigenvalue weighted by atomic mass is 19.1. The second-order valence-corrected chi connectivity index (χ2v) is 6.75. The highest BCUT2D eigenvalue weighted by Crippen LogP contribution is 2.20. The third kappa shape index (κ3) is 5.29. The van der Waals surface area contributed by atoms with Gasteiger partial charge in [-0.3, -0.25) is 14.5 Å². The van der Waals surface area contributed by atoms with Crippen LogP contribution in [0, 0.1) is 5.82 Å². The van der Waals surface area contributed by atoms with Gasteiger partial charge in [-0.15, -0.1) is 0 Å². The molecule has 0 radical (unpaired) electrons. The van der Waals surface area contributed by atoms with Crippen molar-refractivity contribution in [2.24, 2.45) is 0 Å². The molecule has 148 valence electrons. The number of carbonyl (C=O) groups excluding carboxylic acids is 2. The Balaban J connectivity index is 1.50. The Bertz CT molecular complexity index is 809. The number of amides is 2. The number of likely N-dealkylation sites (tertiary alicyclic amines) is 1. The van der Waals surface area contributed by atoms with Crippen LogP contribution in [-0.4, -0.2) is 43.0 Å². The van der Waals surface area contributed by atoms with Crippen LogP contribution in [0.15, 0.2) is 48.5 Å². The first kappa shape index (κ1) is 19.8. The number of nitrogens with one attached hydrogen (secondary N) is 2. The van der Waals surface area contributed by atoms with E-state index in [2.05, 4.69) is 10.6 Å². The zero-order valence-corrected chi connectivity index (χ0v) is 15.8. The van der Waals surface area contributed by atoms with E-state index in [-0.39, 0.29) is 30.2 Å². The number of hydrogen-bond acceptors (Lipinski definition) is 4. The lowest BCUT2D eigenvalue weighted by Crippen LogP contribution is -2.44. The Kier molecular flexibility index (Phi) is 6.60. The molecule has 28 heavy (non-hydrogen) atoms. The number of nitrogens with zero attached hydrogens (tertiary/aromatic N) is 1. The maximum absolute atomic E-state index is 12.9. The molecule has 0 aliphatic carbocycles. The van der Waals surface area contributed by atoms with Crippen molar-refractivity contribution >= 4 is 17.5 Å². The zero-order valence-electron chi connectivity index (χ0n) is 15.8. The topological polar surface area (TPSA) is 70.7 Å². The first-order valence-corrected chi connectivity index (χ1v) is 9.25. The van der Waals surface area contributed by atoms with Crippen molar-refractivity contribution < 1.29 is 18.7 Å². The summed E-state index contributed by atoms with van der Waals surface area (Å²) in [5, 5.41) is 5.72. The molecule has 2 aromatic carbocycles. The monoisotopic (exact) mass is 385 g/mol. The number of benzene rings is 2. The maximum Gasteiger partial charge on any atom is 0.241 e. The van der Waals surface area contributed by atoms with Gasteiger partial charge in [-0.1, -0.05) is 12.1 Å². The largest absolute Gasteiger partial charge is 0.497 e. The van der Waals surface area contributed by atoms with Crippen molar-refractivity contribution in [1.29, 1.82) is 0 Å². The molecule has 1 saturated heterocycles. The number of carbonyl (C=O) groups is 2. The third-order valence-electron chi connectivity index (χ3n) is 4.77. The van der Waals surface area contributed by atoms with Crippen LogP contribution in [-0.2, 0) is 16.1 Å². The number of halogens is 1. The normalized spacial score (nSPS) is 16.6. The molecule has 0 spiro atoms. The van der Waals surface area contributed by atoms with Gasteiger partial charge in [-0.25, -0.2) is 4.39 Å². The average molecular weight is 385 g/mol. The Morgan fingerprint density at radius 1 is 1.14 bits per heavy atom. The van der Waals surface area contributed by atoms with E-state index < -0.39 is 0 Å². The summed E-state index contributed by atoms with van der Waals surface area (Å²) in [5.41, 5.74) is 1.52. The quantitative estimate of drug-likeness (QED) is 0.769. The van der Waals surface area contributed by atoms with Gasteiger partial charge in [-0.2, -0.15) is 0 Å². The Labute approximate surface area is 163 Å². The van der Waals surface area contributed by atoms with Crippen LogP contribution in [0.3, 0.4) is 0 Å². The summed E-state index contributed by atoms with van der Waals surface area (Å²) in [5.74, 6) is 0.138. The van der Waals surface area contributed by atoms with E-state index in [1.54, 1.807) is 43.5 Å². The van der Waals surface area contributed by atoms with Crippen LogP contribution in [0.1, 0.15) is 18.4 Å². The van der Waals surface area contributed by atoms with Crippen molar-refractivity contribution in [1.82, 2.24) is 10.2 Å². The lowest BCUT2D eigenvalue weighted by Gasteiger charge is -2.23. The highest BCUT2D eigenvalue weighted by molar-refractivity contribution is 5.95. The zero-order chi connectivity index (χ0) is 19.9. The van der Waals surface area contributed by atoms with Crippen LogP contribution in [0.5, 0.6) is 5.75 Å². The molecule has 6 nitrogen and oxygen atoms in total. The molecule has 2 aromatic rings. The predicted molar refractivity (Wildman–Crippen MR) is 104 cm³/mol. The van der Waals surface area contributed by atoms with Gasteiger partial charge in [0.2, 0.25) is 11.8 Å². The molecule has 3 rings (SSSR count). The molecule has 1 aliphatic heterocycles. The fourth-order valence-corrected chi connectivity index (χ4v) is 3.26. The van der Waals surface area contributed by atoms with Crippen molar-refractivity contribution in [3.63, 3.8) is 0 Å². The van der Waals surface area contributed by atoms with Crippen LogP contribution in [0.4, 0.5) is 10.1 Å². The fourth-order valence-electron chi connectivity index (χ4n) is 3.26. The van der Waals surface area contributed by atoms with E-state index in [0.717, 1.165) is 17.7 Å². The molecule has 7 heteroatoms. The summed E-state index contributed by atoms with van der Waals surface area (Å²) in [6.45, 7) is 1.18. The van der Waals surface area contributed by atoms with Crippen LogP contribution < -0.4 is 15.4 Å². The second-order valence-electron chi connectivity index (χ2n) is 6.75. The van der Waals surface area contributed by atoms with E-state index in [0.29, 0.717) is 25.2 Å². The average Bonchev–Trinajstić information content (AvgIpc) is 3.16. The van der Waals surface area contributed by atoms with E-state index in [4.69, 9.17) is 4.74 Å². The minimum atomic E-state index is -0.335. The molecule has 2 N–H and O–H groups in total. The third-order valence-corrected chi connectivity index (χ3v) is 4.77. The molecule has 1 fully saturated rings. The van der Waals surface area contributed by atoms with E-state index in [9.17, 15) is 14.0 Å². The summed E-state index contributed by atoms with van der Waals surface area (Å²) in [7, 11) is 1.59. The summed E-state index contributed by atoms with van der Waals surface area (Å²) in [6, 6.07) is 12.8. The van der Waals surface area contributed by atoms with Gasteiger partial charge in [0.25, 0.3) is 0 Å². The molecule has 1 aliphatic rings. The van der Waals surface area contributed by atoms with E-state index >= 15 is 0 Å². The summed E-state index contributed by atoms with van der Waals surface area (Å²) in [6.07, 6.45) is 1.58. The second kappa shape index (κ2) is 9.32.